The molecule has 7 rings (SSSR count). The molecule has 35 heavy (non-hydrogen) atoms. The molecule has 0 atom stereocenters. The van der Waals surface area contributed by atoms with Gasteiger partial charge in [-0.3, -0.25) is 0 Å². The Bertz CT molecular complexity index is 1240. The van der Waals surface area contributed by atoms with E-state index in [4.69, 9.17) is 18.9 Å². The molecule has 0 radical (unpaired) electrons. The van der Waals surface area contributed by atoms with E-state index in [1.54, 1.807) is 0 Å². The smallest absolute Gasteiger partial charge is 0.340 e. The van der Waals surface area contributed by atoms with Crippen LogP contribution in [0.2, 0.25) is 0 Å². The van der Waals surface area contributed by atoms with Gasteiger partial charge in [-0.05, 0) is 30.3 Å². The van der Waals surface area contributed by atoms with E-state index in [-0.39, 0.29) is 5.97 Å². The summed E-state index contributed by atoms with van der Waals surface area (Å²) in [5.41, 5.74) is 4.26. The number of anilines is 2. The van der Waals surface area contributed by atoms with Gasteiger partial charge < -0.3 is 28.7 Å². The zero-order valence-electron chi connectivity index (χ0n) is 19.4. The summed E-state index contributed by atoms with van der Waals surface area (Å²) in [6.07, 6.45) is 0. The predicted octanol–water partition coefficient (Wildman–Crippen LogP) is 3.93. The van der Waals surface area contributed by atoms with Gasteiger partial charge in [-0.25, -0.2) is 4.79 Å². The molecule has 3 aromatic rings. The van der Waals surface area contributed by atoms with Crippen LogP contribution in [0.1, 0.15) is 27.0 Å². The third kappa shape index (κ3) is 3.15. The Morgan fingerprint density at radius 3 is 1.77 bits per heavy atom. The highest BCUT2D eigenvalue weighted by molar-refractivity contribution is 5.97. The van der Waals surface area contributed by atoms with Gasteiger partial charge in [0.2, 0.25) is 0 Å². The van der Waals surface area contributed by atoms with Crippen molar-refractivity contribution < 1.29 is 23.7 Å². The summed E-state index contributed by atoms with van der Waals surface area (Å²) in [5.74, 6) is 1.11. The minimum atomic E-state index is -1.04. The van der Waals surface area contributed by atoms with Crippen LogP contribution >= 0.6 is 0 Å². The number of fused-ring (bicyclic) bond motifs is 6. The minimum Gasteiger partial charge on any atom is -0.456 e. The number of carbonyl (C=O) groups is 1. The van der Waals surface area contributed by atoms with Gasteiger partial charge in [0.05, 0.1) is 32.0 Å². The number of hydrogen-bond acceptors (Lipinski definition) is 7. The third-order valence-electron chi connectivity index (χ3n) is 7.43. The van der Waals surface area contributed by atoms with E-state index in [9.17, 15) is 4.79 Å². The first-order chi connectivity index (χ1) is 17.2. The van der Waals surface area contributed by atoms with Gasteiger partial charge >= 0.3 is 5.97 Å². The molecule has 0 aromatic heterocycles. The molecule has 7 nitrogen and oxygen atoms in total. The predicted molar refractivity (Wildman–Crippen MR) is 131 cm³/mol. The molecule has 0 unspecified atom stereocenters. The molecule has 0 amide bonds. The van der Waals surface area contributed by atoms with E-state index in [1.165, 1.54) is 0 Å². The number of nitrogens with zero attached hydrogens (tertiary/aromatic N) is 2. The second-order valence-electron chi connectivity index (χ2n) is 9.28. The Hall–Kier alpha value is -3.55. The first-order valence-corrected chi connectivity index (χ1v) is 12.2. The van der Waals surface area contributed by atoms with Crippen LogP contribution in [0.25, 0.3) is 0 Å². The number of morpholine rings is 2. The van der Waals surface area contributed by atoms with Gasteiger partial charge in [-0.15, -0.1) is 0 Å². The van der Waals surface area contributed by atoms with Crippen molar-refractivity contribution in [3.05, 3.63) is 82.9 Å². The SMILES string of the molecule is O=C1OC2(c3ccc(N4CCOCC4)cc3Oc3cc(N4CCOCC4)ccc32)c2ccccc21. The fourth-order valence-electron chi connectivity index (χ4n) is 5.69. The number of ether oxygens (including phenoxy) is 4. The summed E-state index contributed by atoms with van der Waals surface area (Å²) in [6, 6.07) is 20.1. The topological polar surface area (TPSA) is 60.5 Å². The maximum atomic E-state index is 13.1. The molecule has 0 aliphatic carbocycles. The maximum Gasteiger partial charge on any atom is 0.340 e. The van der Waals surface area contributed by atoms with Crippen molar-refractivity contribution in [2.24, 2.45) is 0 Å². The third-order valence-corrected chi connectivity index (χ3v) is 7.43. The fraction of sp³-hybridized carbons (Fsp3) is 0.321. The molecular weight excluding hydrogens is 444 g/mol. The molecule has 0 N–H and O–H groups in total. The van der Waals surface area contributed by atoms with Crippen LogP contribution < -0.4 is 14.5 Å². The zero-order valence-corrected chi connectivity index (χ0v) is 19.4. The molecule has 4 heterocycles. The van der Waals surface area contributed by atoms with Crippen LogP contribution in [0.3, 0.4) is 0 Å². The van der Waals surface area contributed by atoms with Gasteiger partial charge in [-0.1, -0.05) is 18.2 Å². The lowest BCUT2D eigenvalue weighted by Gasteiger charge is -2.38. The first kappa shape index (κ1) is 20.8. The van der Waals surface area contributed by atoms with E-state index in [0.29, 0.717) is 43.5 Å². The summed E-state index contributed by atoms with van der Waals surface area (Å²) < 4.78 is 23.9. The number of benzene rings is 3. The minimum absolute atomic E-state index is 0.311. The molecule has 0 bridgehead atoms. The van der Waals surface area contributed by atoms with Crippen molar-refractivity contribution in [1.82, 2.24) is 0 Å². The standard InChI is InChI=1S/C28H26N2O5/c31-27-21-3-1-2-4-22(21)28(35-27)23-7-5-19(29-9-13-32-14-10-29)17-25(23)34-26-18-20(6-8-24(26)28)30-11-15-33-16-12-30/h1-8,17-18H,9-16H2. The molecule has 0 saturated carbocycles. The largest absolute Gasteiger partial charge is 0.456 e. The molecule has 4 aliphatic heterocycles. The number of carbonyl (C=O) groups excluding carboxylic acids is 1. The molecule has 3 aromatic carbocycles. The molecule has 7 heteroatoms. The summed E-state index contributed by atoms with van der Waals surface area (Å²) in [6.45, 7) is 6.16. The van der Waals surface area contributed by atoms with Gasteiger partial charge in [0.15, 0.2) is 5.60 Å². The summed E-state index contributed by atoms with van der Waals surface area (Å²) in [4.78, 5) is 17.7. The van der Waals surface area contributed by atoms with Crippen molar-refractivity contribution in [2.45, 2.75) is 5.60 Å². The van der Waals surface area contributed by atoms with Crippen LogP contribution in [-0.2, 0) is 19.8 Å². The van der Waals surface area contributed by atoms with Gasteiger partial charge in [-0.2, -0.15) is 0 Å². The van der Waals surface area contributed by atoms with Crippen molar-refractivity contribution >= 4 is 17.3 Å². The van der Waals surface area contributed by atoms with Crippen LogP contribution in [0.4, 0.5) is 11.4 Å². The molecule has 178 valence electrons. The highest BCUT2D eigenvalue weighted by atomic mass is 16.6. The lowest BCUT2D eigenvalue weighted by molar-refractivity contribution is 0.0224. The van der Waals surface area contributed by atoms with Gasteiger partial charge in [0.25, 0.3) is 0 Å². The van der Waals surface area contributed by atoms with Crippen LogP contribution in [-0.4, -0.2) is 58.6 Å². The quantitative estimate of drug-likeness (QED) is 0.526. The van der Waals surface area contributed by atoms with E-state index in [0.717, 1.165) is 54.2 Å². The Morgan fingerprint density at radius 2 is 1.20 bits per heavy atom. The molecular formula is C28H26N2O5. The zero-order chi connectivity index (χ0) is 23.4. The van der Waals surface area contributed by atoms with Crippen LogP contribution in [0.5, 0.6) is 11.5 Å². The van der Waals surface area contributed by atoms with E-state index >= 15 is 0 Å². The molecule has 4 aliphatic rings. The summed E-state index contributed by atoms with van der Waals surface area (Å²) >= 11 is 0. The average Bonchev–Trinajstić information content (AvgIpc) is 3.22. The first-order valence-electron chi connectivity index (χ1n) is 12.2. The summed E-state index contributed by atoms with van der Waals surface area (Å²) in [7, 11) is 0. The monoisotopic (exact) mass is 470 g/mol. The number of rotatable bonds is 2. The normalized spacial score (nSPS) is 20.1. The Balaban J connectivity index is 1.40. The lowest BCUT2D eigenvalue weighted by atomic mass is 9.77. The Kier molecular flexibility index (Phi) is 4.75. The molecule has 2 saturated heterocycles. The summed E-state index contributed by atoms with van der Waals surface area (Å²) in [5, 5.41) is 0. The van der Waals surface area contributed by atoms with Crippen LogP contribution in [0, 0.1) is 0 Å². The Labute approximate surface area is 203 Å². The highest BCUT2D eigenvalue weighted by Crippen LogP contribution is 2.57. The highest BCUT2D eigenvalue weighted by Gasteiger charge is 2.53. The lowest BCUT2D eigenvalue weighted by Crippen LogP contribution is -2.37. The number of hydrogen-bond donors (Lipinski definition) is 0. The van der Waals surface area contributed by atoms with Gasteiger partial charge in [0.1, 0.15) is 11.5 Å². The molecule has 1 spiro atoms. The van der Waals surface area contributed by atoms with E-state index < -0.39 is 5.60 Å². The second-order valence-corrected chi connectivity index (χ2v) is 9.28. The van der Waals surface area contributed by atoms with Gasteiger partial charge in [0, 0.05) is 66.4 Å². The van der Waals surface area contributed by atoms with E-state index in [1.807, 2.05) is 36.4 Å². The maximum absolute atomic E-state index is 13.1. The van der Waals surface area contributed by atoms with Crippen molar-refractivity contribution in [3.63, 3.8) is 0 Å². The van der Waals surface area contributed by atoms with Crippen LogP contribution in [0.15, 0.2) is 60.7 Å². The fourth-order valence-corrected chi connectivity index (χ4v) is 5.69. The average molecular weight is 471 g/mol. The second kappa shape index (κ2) is 8.00. The van der Waals surface area contributed by atoms with E-state index in [2.05, 4.69) is 34.1 Å². The van der Waals surface area contributed by atoms with Crippen molar-refractivity contribution in [1.29, 1.82) is 0 Å². The number of esters is 1. The van der Waals surface area contributed by atoms with Crippen molar-refractivity contribution in [3.8, 4) is 11.5 Å². The Morgan fingerprint density at radius 1 is 0.657 bits per heavy atom. The van der Waals surface area contributed by atoms with Crippen molar-refractivity contribution in [2.75, 3.05) is 62.4 Å². The molecule has 2 fully saturated rings.